The molecular formula is C24H21N3O. The topological polar surface area (TPSA) is 46.4 Å². The van der Waals surface area contributed by atoms with Crippen molar-refractivity contribution in [1.82, 2.24) is 14.7 Å². The van der Waals surface area contributed by atoms with Gasteiger partial charge < -0.3 is 9.72 Å². The predicted molar refractivity (Wildman–Crippen MR) is 113 cm³/mol. The van der Waals surface area contributed by atoms with Crippen molar-refractivity contribution >= 4 is 17.6 Å². The van der Waals surface area contributed by atoms with Gasteiger partial charge in [0.1, 0.15) is 5.65 Å². The van der Waals surface area contributed by atoms with Gasteiger partial charge >= 0.3 is 0 Å². The van der Waals surface area contributed by atoms with Crippen LogP contribution in [0.5, 0.6) is 0 Å². The summed E-state index contributed by atoms with van der Waals surface area (Å²) in [6, 6.07) is 22.4. The van der Waals surface area contributed by atoms with Gasteiger partial charge in [-0.1, -0.05) is 60.7 Å². The van der Waals surface area contributed by atoms with E-state index in [1.54, 1.807) is 6.08 Å². The molecule has 0 radical (unpaired) electrons. The zero-order valence-corrected chi connectivity index (χ0v) is 15.7. The molecule has 4 rings (SSSR count). The lowest BCUT2D eigenvalue weighted by Gasteiger charge is -2.02. The highest BCUT2D eigenvalue weighted by Gasteiger charge is 2.04. The van der Waals surface area contributed by atoms with E-state index in [4.69, 9.17) is 0 Å². The number of pyridine rings is 1. The maximum absolute atomic E-state index is 12.1. The number of benzene rings is 2. The third-order valence-electron chi connectivity index (χ3n) is 4.62. The van der Waals surface area contributed by atoms with Gasteiger partial charge in [-0.3, -0.25) is 4.79 Å². The van der Waals surface area contributed by atoms with Crippen molar-refractivity contribution in [3.8, 4) is 11.1 Å². The van der Waals surface area contributed by atoms with Crippen molar-refractivity contribution in [2.24, 2.45) is 0 Å². The molecule has 4 aromatic rings. The minimum Gasteiger partial charge on any atom is -0.347 e. The van der Waals surface area contributed by atoms with Crippen molar-refractivity contribution in [1.29, 1.82) is 0 Å². The van der Waals surface area contributed by atoms with E-state index in [1.807, 2.05) is 72.3 Å². The second kappa shape index (κ2) is 7.92. The fraction of sp³-hybridized carbons (Fsp3) is 0.0833. The van der Waals surface area contributed by atoms with Crippen molar-refractivity contribution in [3.63, 3.8) is 0 Å². The Kier molecular flexibility index (Phi) is 5.02. The average Bonchev–Trinajstić information content (AvgIpc) is 3.16. The van der Waals surface area contributed by atoms with E-state index >= 15 is 0 Å². The summed E-state index contributed by atoms with van der Waals surface area (Å²) >= 11 is 0. The Morgan fingerprint density at radius 3 is 2.50 bits per heavy atom. The summed E-state index contributed by atoms with van der Waals surface area (Å²) in [5, 5.41) is 2.89. The van der Waals surface area contributed by atoms with Crippen LogP contribution in [-0.2, 0) is 11.3 Å². The molecule has 1 N–H and O–H groups in total. The van der Waals surface area contributed by atoms with E-state index in [-0.39, 0.29) is 5.91 Å². The van der Waals surface area contributed by atoms with Gasteiger partial charge in [0.05, 0.1) is 12.2 Å². The van der Waals surface area contributed by atoms with E-state index in [9.17, 15) is 4.79 Å². The summed E-state index contributed by atoms with van der Waals surface area (Å²) in [5.74, 6) is -0.138. The first-order valence-corrected chi connectivity index (χ1v) is 9.24. The van der Waals surface area contributed by atoms with Crippen molar-refractivity contribution in [2.75, 3.05) is 0 Å². The Bertz CT molecular complexity index is 1130. The fourth-order valence-electron chi connectivity index (χ4n) is 3.12. The van der Waals surface area contributed by atoms with Gasteiger partial charge in [0.25, 0.3) is 0 Å². The molecule has 138 valence electrons. The molecule has 0 saturated heterocycles. The number of nitrogens with one attached hydrogen (secondary N) is 1. The molecule has 0 spiro atoms. The molecule has 0 unspecified atom stereocenters. The molecule has 4 nitrogen and oxygen atoms in total. The van der Waals surface area contributed by atoms with Gasteiger partial charge in [0, 0.05) is 18.5 Å². The Morgan fingerprint density at radius 2 is 1.75 bits per heavy atom. The summed E-state index contributed by atoms with van der Waals surface area (Å²) in [4.78, 5) is 16.7. The number of amides is 1. The molecular weight excluding hydrogens is 346 g/mol. The quantitative estimate of drug-likeness (QED) is 0.522. The van der Waals surface area contributed by atoms with Gasteiger partial charge in [-0.15, -0.1) is 0 Å². The summed E-state index contributed by atoms with van der Waals surface area (Å²) < 4.78 is 1.97. The minimum atomic E-state index is -0.138. The third-order valence-corrected chi connectivity index (χ3v) is 4.62. The lowest BCUT2D eigenvalue weighted by atomic mass is 10.0. The molecule has 1 amide bonds. The highest BCUT2D eigenvalue weighted by Crippen LogP contribution is 2.19. The number of fused-ring (bicyclic) bond motifs is 1. The van der Waals surface area contributed by atoms with Crippen LogP contribution in [0.4, 0.5) is 0 Å². The predicted octanol–water partition coefficient (Wildman–Crippen LogP) is 4.64. The SMILES string of the molecule is Cc1cccn2cc(CNC(=O)/C=C/c3ccc(-c4ccccc4)cc3)nc12. The number of hydrogen-bond donors (Lipinski definition) is 1. The van der Waals surface area contributed by atoms with Crippen molar-refractivity contribution in [2.45, 2.75) is 13.5 Å². The normalized spacial score (nSPS) is 11.2. The first-order chi connectivity index (χ1) is 13.7. The molecule has 0 aliphatic heterocycles. The standard InChI is InChI=1S/C24H21N3O/c1-18-6-5-15-27-17-22(26-24(18)27)16-25-23(28)14-11-19-9-12-21(13-10-19)20-7-3-2-4-8-20/h2-15,17H,16H2,1H3,(H,25,28)/b14-11+. The number of aromatic nitrogens is 2. The Hall–Kier alpha value is -3.66. The van der Waals surface area contributed by atoms with Crippen LogP contribution in [0.2, 0.25) is 0 Å². The van der Waals surface area contributed by atoms with E-state index in [0.29, 0.717) is 6.54 Å². The molecule has 0 atom stereocenters. The number of aryl methyl sites for hydroxylation is 1. The van der Waals surface area contributed by atoms with E-state index < -0.39 is 0 Å². The summed E-state index contributed by atoms with van der Waals surface area (Å²) in [7, 11) is 0. The number of carbonyl (C=O) groups excluding carboxylic acids is 1. The zero-order chi connectivity index (χ0) is 19.3. The summed E-state index contributed by atoms with van der Waals surface area (Å²) in [6.07, 6.45) is 7.27. The molecule has 0 bridgehead atoms. The minimum absolute atomic E-state index is 0.138. The Balaban J connectivity index is 1.36. The number of imidazole rings is 1. The maximum atomic E-state index is 12.1. The number of nitrogens with zero attached hydrogens (tertiary/aromatic N) is 2. The molecule has 28 heavy (non-hydrogen) atoms. The molecule has 2 heterocycles. The van der Waals surface area contributed by atoms with Gasteiger partial charge in [0.15, 0.2) is 0 Å². The van der Waals surface area contributed by atoms with Crippen LogP contribution in [0.3, 0.4) is 0 Å². The third kappa shape index (κ3) is 4.01. The smallest absolute Gasteiger partial charge is 0.244 e. The van der Waals surface area contributed by atoms with Crippen LogP contribution in [0.15, 0.2) is 85.2 Å². The zero-order valence-electron chi connectivity index (χ0n) is 15.7. The monoisotopic (exact) mass is 367 g/mol. The average molecular weight is 367 g/mol. The molecule has 0 aliphatic rings. The van der Waals surface area contributed by atoms with Crippen molar-refractivity contribution in [3.05, 3.63) is 102 Å². The second-order valence-corrected chi connectivity index (χ2v) is 6.69. The number of carbonyl (C=O) groups is 1. The molecule has 2 aromatic heterocycles. The lowest BCUT2D eigenvalue weighted by molar-refractivity contribution is -0.116. The molecule has 0 aliphatic carbocycles. The van der Waals surface area contributed by atoms with Crippen LogP contribution in [0.25, 0.3) is 22.9 Å². The molecule has 2 aromatic carbocycles. The Morgan fingerprint density at radius 1 is 1.00 bits per heavy atom. The van der Waals surface area contributed by atoms with E-state index in [1.165, 1.54) is 5.56 Å². The van der Waals surface area contributed by atoms with Crippen LogP contribution in [0.1, 0.15) is 16.8 Å². The van der Waals surface area contributed by atoms with Gasteiger partial charge in [-0.05, 0) is 41.3 Å². The van der Waals surface area contributed by atoms with Gasteiger partial charge in [0.2, 0.25) is 5.91 Å². The maximum Gasteiger partial charge on any atom is 0.244 e. The van der Waals surface area contributed by atoms with Crippen LogP contribution < -0.4 is 5.32 Å². The number of hydrogen-bond acceptors (Lipinski definition) is 2. The molecule has 0 saturated carbocycles. The number of rotatable bonds is 5. The van der Waals surface area contributed by atoms with Crippen LogP contribution >= 0.6 is 0 Å². The Labute approximate surface area is 164 Å². The first kappa shape index (κ1) is 17.7. The summed E-state index contributed by atoms with van der Waals surface area (Å²) in [6.45, 7) is 2.42. The van der Waals surface area contributed by atoms with Crippen molar-refractivity contribution < 1.29 is 4.79 Å². The van der Waals surface area contributed by atoms with Crippen LogP contribution in [-0.4, -0.2) is 15.3 Å². The molecule has 4 heteroatoms. The van der Waals surface area contributed by atoms with E-state index in [0.717, 1.165) is 28.0 Å². The highest BCUT2D eigenvalue weighted by atomic mass is 16.1. The van der Waals surface area contributed by atoms with Gasteiger partial charge in [-0.25, -0.2) is 4.98 Å². The molecule has 0 fully saturated rings. The van der Waals surface area contributed by atoms with E-state index in [2.05, 4.69) is 34.6 Å². The lowest BCUT2D eigenvalue weighted by Crippen LogP contribution is -2.20. The first-order valence-electron chi connectivity index (χ1n) is 9.24. The van der Waals surface area contributed by atoms with Crippen LogP contribution in [0, 0.1) is 6.92 Å². The second-order valence-electron chi connectivity index (χ2n) is 6.69. The summed E-state index contributed by atoms with van der Waals surface area (Å²) in [5.41, 5.74) is 6.18. The highest BCUT2D eigenvalue weighted by molar-refractivity contribution is 5.91. The largest absolute Gasteiger partial charge is 0.347 e. The van der Waals surface area contributed by atoms with Gasteiger partial charge in [-0.2, -0.15) is 0 Å². The fourth-order valence-corrected chi connectivity index (χ4v) is 3.12.